The highest BCUT2D eigenvalue weighted by Gasteiger charge is 2.25. The van der Waals surface area contributed by atoms with Crippen molar-refractivity contribution in [2.24, 2.45) is 0 Å². The number of ether oxygens (including phenoxy) is 1. The molecule has 98 valence electrons. The second-order valence-corrected chi connectivity index (χ2v) is 3.40. The van der Waals surface area contributed by atoms with E-state index in [1.165, 1.54) is 6.92 Å². The van der Waals surface area contributed by atoms with Crippen molar-refractivity contribution in [3.05, 3.63) is 22.8 Å². The van der Waals surface area contributed by atoms with Gasteiger partial charge in [-0.15, -0.1) is 0 Å². The van der Waals surface area contributed by atoms with E-state index < -0.39 is 23.9 Å². The molecule has 1 rings (SSSR count). The summed E-state index contributed by atoms with van der Waals surface area (Å²) in [5.41, 5.74) is 0.655. The predicted octanol–water partition coefficient (Wildman–Crippen LogP) is 0.508. The molecule has 0 aromatic rings. The number of carbonyl (C=O) groups is 4. The van der Waals surface area contributed by atoms with Gasteiger partial charge in [-0.1, -0.05) is 0 Å². The van der Waals surface area contributed by atoms with Crippen LogP contribution in [-0.4, -0.2) is 34.1 Å². The van der Waals surface area contributed by atoms with E-state index in [1.54, 1.807) is 13.8 Å². The number of carbonyl (C=O) groups excluding carboxylic acids is 2. The number of aliphatic carboxylic acids is 2. The molecule has 7 heteroatoms. The van der Waals surface area contributed by atoms with Gasteiger partial charge in [0.25, 0.3) is 0 Å². The normalized spacial score (nSPS) is 14.9. The second kappa shape index (κ2) is 6.33. The molecule has 0 spiro atoms. The van der Waals surface area contributed by atoms with E-state index in [4.69, 9.17) is 10.2 Å². The minimum Gasteiger partial charge on any atom is -0.478 e. The summed E-state index contributed by atoms with van der Waals surface area (Å²) in [7, 11) is 0. The zero-order chi connectivity index (χ0) is 14.5. The van der Waals surface area contributed by atoms with E-state index in [0.717, 1.165) is 0 Å². The van der Waals surface area contributed by atoms with Crippen LogP contribution in [-0.2, 0) is 23.9 Å². The summed E-state index contributed by atoms with van der Waals surface area (Å²) in [5, 5.41) is 16.1. The van der Waals surface area contributed by atoms with Gasteiger partial charge in [-0.2, -0.15) is 0 Å². The summed E-state index contributed by atoms with van der Waals surface area (Å²) in [5.74, 6) is -3.48. The maximum atomic E-state index is 10.5. The highest BCUT2D eigenvalue weighted by atomic mass is 16.6. The molecule has 0 aromatic heterocycles. The Bertz CT molecular complexity index is 446. The van der Waals surface area contributed by atoms with E-state index in [9.17, 15) is 19.2 Å². The molecule has 0 unspecified atom stereocenters. The maximum absolute atomic E-state index is 10.5. The van der Waals surface area contributed by atoms with Gasteiger partial charge in [0, 0.05) is 22.8 Å². The van der Waals surface area contributed by atoms with E-state index in [1.807, 2.05) is 0 Å². The molecule has 0 atom stereocenters. The molecule has 0 aromatic carbocycles. The van der Waals surface area contributed by atoms with Crippen molar-refractivity contribution in [3.63, 3.8) is 0 Å². The molecule has 0 bridgehead atoms. The first-order chi connectivity index (χ1) is 8.16. The monoisotopic (exact) mass is 256 g/mol. The third-order valence-corrected chi connectivity index (χ3v) is 2.04. The zero-order valence-corrected chi connectivity index (χ0v) is 10.0. The lowest BCUT2D eigenvalue weighted by Gasteiger charge is -1.86. The van der Waals surface area contributed by atoms with E-state index >= 15 is 0 Å². The van der Waals surface area contributed by atoms with Crippen molar-refractivity contribution in [3.8, 4) is 0 Å². The van der Waals surface area contributed by atoms with Crippen LogP contribution in [0.3, 0.4) is 0 Å². The van der Waals surface area contributed by atoms with Crippen LogP contribution < -0.4 is 0 Å². The number of cyclic esters (lactones) is 2. The van der Waals surface area contributed by atoms with Crippen LogP contribution in [0.2, 0.25) is 0 Å². The Morgan fingerprint density at radius 2 is 1.44 bits per heavy atom. The first-order valence-corrected chi connectivity index (χ1v) is 4.75. The average Bonchev–Trinajstić information content (AvgIpc) is 2.45. The van der Waals surface area contributed by atoms with Crippen LogP contribution in [0.15, 0.2) is 22.8 Å². The molecule has 0 amide bonds. The number of carboxylic acid groups (broad SMARTS) is 2. The van der Waals surface area contributed by atoms with Crippen LogP contribution in [0.25, 0.3) is 0 Å². The fraction of sp³-hybridized carbons (Fsp3) is 0.273. The Hall–Kier alpha value is -2.44. The highest BCUT2D eigenvalue weighted by molar-refractivity contribution is 6.11. The Balaban J connectivity index is 0.000000321. The second-order valence-electron chi connectivity index (χ2n) is 3.40. The molecule has 2 N–H and O–H groups in total. The summed E-state index contributed by atoms with van der Waals surface area (Å²) in [4.78, 5) is 40.7. The lowest BCUT2D eigenvalue weighted by Crippen LogP contribution is -2.00. The maximum Gasteiger partial charge on any atom is 0.342 e. The molecular weight excluding hydrogens is 244 g/mol. The van der Waals surface area contributed by atoms with Crippen LogP contribution >= 0.6 is 0 Å². The molecule has 0 fully saturated rings. The predicted molar refractivity (Wildman–Crippen MR) is 58.5 cm³/mol. The van der Waals surface area contributed by atoms with Crippen LogP contribution in [0.5, 0.6) is 0 Å². The number of carboxylic acids is 2. The standard InChI is InChI=1S/C6H6O3.C5H6O4/c1-3-4(2)6(8)9-5(3)7;1-3(5(8)9)2-4(6)7/h1-2H3;2H,1H3,(H,6,7)(H,8,9)/b;3-2-. The fourth-order valence-corrected chi connectivity index (χ4v) is 0.790. The van der Waals surface area contributed by atoms with E-state index in [0.29, 0.717) is 17.2 Å². The fourth-order valence-electron chi connectivity index (χ4n) is 0.790. The molecular formula is C11H12O7. The van der Waals surface area contributed by atoms with E-state index in [2.05, 4.69) is 4.74 Å². The molecule has 0 saturated carbocycles. The molecule has 1 heterocycles. The van der Waals surface area contributed by atoms with Gasteiger partial charge >= 0.3 is 23.9 Å². The number of esters is 2. The Kier molecular flexibility index (Phi) is 5.47. The Morgan fingerprint density at radius 1 is 1.06 bits per heavy atom. The molecule has 0 radical (unpaired) electrons. The molecule has 1 aliphatic heterocycles. The van der Waals surface area contributed by atoms with Crippen molar-refractivity contribution in [1.29, 1.82) is 0 Å². The summed E-state index contributed by atoms with van der Waals surface area (Å²) >= 11 is 0. The minimum absolute atomic E-state index is 0.178. The first kappa shape index (κ1) is 15.6. The molecule has 0 saturated heterocycles. The van der Waals surface area contributed by atoms with Crippen LogP contribution in [0.1, 0.15) is 20.8 Å². The topological polar surface area (TPSA) is 118 Å². The van der Waals surface area contributed by atoms with Crippen molar-refractivity contribution < 1.29 is 34.1 Å². The highest BCUT2D eigenvalue weighted by Crippen LogP contribution is 2.14. The SMILES string of the molecule is C/C(=C/C(=O)O)C(=O)O.CC1=C(C)C(=O)OC1=O. The van der Waals surface area contributed by atoms with Gasteiger partial charge in [0.15, 0.2) is 0 Å². The smallest absolute Gasteiger partial charge is 0.342 e. The van der Waals surface area contributed by atoms with Crippen molar-refractivity contribution >= 4 is 23.9 Å². The van der Waals surface area contributed by atoms with Gasteiger partial charge < -0.3 is 14.9 Å². The summed E-state index contributed by atoms with van der Waals surface area (Å²) in [6, 6.07) is 0. The van der Waals surface area contributed by atoms with Crippen LogP contribution in [0.4, 0.5) is 0 Å². The third kappa shape index (κ3) is 4.60. The number of hydrogen-bond donors (Lipinski definition) is 2. The largest absolute Gasteiger partial charge is 0.478 e. The Labute approximate surface area is 102 Å². The summed E-state index contributed by atoms with van der Waals surface area (Å²) in [6.07, 6.45) is 0.641. The average molecular weight is 256 g/mol. The molecule has 18 heavy (non-hydrogen) atoms. The zero-order valence-electron chi connectivity index (χ0n) is 10.0. The van der Waals surface area contributed by atoms with Crippen molar-refractivity contribution in [1.82, 2.24) is 0 Å². The summed E-state index contributed by atoms with van der Waals surface area (Å²) in [6.45, 7) is 4.36. The van der Waals surface area contributed by atoms with Gasteiger partial charge in [-0.05, 0) is 20.8 Å². The van der Waals surface area contributed by atoms with Gasteiger partial charge in [0.2, 0.25) is 0 Å². The first-order valence-electron chi connectivity index (χ1n) is 4.75. The van der Waals surface area contributed by atoms with Gasteiger partial charge in [-0.25, -0.2) is 19.2 Å². The lowest BCUT2D eigenvalue weighted by atomic mass is 10.2. The minimum atomic E-state index is -1.24. The van der Waals surface area contributed by atoms with Crippen molar-refractivity contribution in [2.45, 2.75) is 20.8 Å². The van der Waals surface area contributed by atoms with Gasteiger partial charge in [0.1, 0.15) is 0 Å². The number of hydrogen-bond acceptors (Lipinski definition) is 5. The lowest BCUT2D eigenvalue weighted by molar-refractivity contribution is -0.151. The molecule has 0 aliphatic carbocycles. The summed E-state index contributed by atoms with van der Waals surface area (Å²) < 4.78 is 4.23. The Morgan fingerprint density at radius 3 is 1.56 bits per heavy atom. The molecule has 1 aliphatic rings. The van der Waals surface area contributed by atoms with Gasteiger partial charge in [0.05, 0.1) is 0 Å². The quantitative estimate of drug-likeness (QED) is 0.419. The van der Waals surface area contributed by atoms with Gasteiger partial charge in [-0.3, -0.25) is 0 Å². The van der Waals surface area contributed by atoms with Crippen LogP contribution in [0, 0.1) is 0 Å². The molecule has 7 nitrogen and oxygen atoms in total. The third-order valence-electron chi connectivity index (χ3n) is 2.04. The number of rotatable bonds is 2. The van der Waals surface area contributed by atoms with E-state index in [-0.39, 0.29) is 5.57 Å². The van der Waals surface area contributed by atoms with Crippen molar-refractivity contribution in [2.75, 3.05) is 0 Å².